The van der Waals surface area contributed by atoms with E-state index in [1.54, 1.807) is 66.7 Å². The molecular weight excluding hydrogens is 816 g/mol. The first kappa shape index (κ1) is 40.8. The van der Waals surface area contributed by atoms with Crippen LogP contribution in [0.2, 0.25) is 0 Å². The molecule has 0 saturated carbocycles. The second kappa shape index (κ2) is 18.1. The third-order valence-electron chi connectivity index (χ3n) is 9.25. The number of aryl methyl sites for hydroxylation is 1. The van der Waals surface area contributed by atoms with Gasteiger partial charge in [0.1, 0.15) is 48.3 Å². The number of pyridine rings is 3. The summed E-state index contributed by atoms with van der Waals surface area (Å²) in [4.78, 5) is 41.3. The number of imidazole rings is 3. The monoisotopic (exact) mass is 847 g/mol. The number of rotatable bonds is 8. The summed E-state index contributed by atoms with van der Waals surface area (Å²) < 4.78 is 45.0. The minimum atomic E-state index is -0.406. The zero-order valence-corrected chi connectivity index (χ0v) is 33.0. The molecule has 0 atom stereocenters. The lowest BCUT2D eigenvalue weighted by Gasteiger charge is -2.00. The van der Waals surface area contributed by atoms with Crippen LogP contribution in [0.15, 0.2) is 116 Å². The van der Waals surface area contributed by atoms with Crippen LogP contribution >= 0.6 is 0 Å². The van der Waals surface area contributed by atoms with Crippen LogP contribution in [-0.2, 0) is 19.3 Å². The summed E-state index contributed by atoms with van der Waals surface area (Å²) in [6.07, 6.45) is 20.1. The van der Waals surface area contributed by atoms with E-state index in [-0.39, 0.29) is 17.5 Å². The van der Waals surface area contributed by atoms with Crippen molar-refractivity contribution < 1.29 is 13.2 Å². The molecule has 0 saturated heterocycles. The van der Waals surface area contributed by atoms with E-state index in [2.05, 4.69) is 65.1 Å². The van der Waals surface area contributed by atoms with Crippen LogP contribution in [0.1, 0.15) is 51.2 Å². The van der Waals surface area contributed by atoms with Gasteiger partial charge in [-0.1, -0.05) is 0 Å². The van der Waals surface area contributed by atoms with Gasteiger partial charge in [0.05, 0.1) is 33.6 Å². The molecule has 10 rings (SSSR count). The maximum Gasteiger partial charge on any atom is 0.217 e. The molecule has 10 heterocycles. The number of amidine groups is 1. The number of aromatic amines is 1. The maximum atomic E-state index is 13.7. The second-order valence-corrected chi connectivity index (χ2v) is 13.6. The van der Waals surface area contributed by atoms with Crippen molar-refractivity contribution in [3.05, 3.63) is 180 Å². The highest BCUT2D eigenvalue weighted by atomic mass is 19.1. The number of nitrogens with zero attached hydrogens (tertiary/aromatic N) is 16. The molecule has 0 aliphatic heterocycles. The Labute approximate surface area is 353 Å². The largest absolute Gasteiger partial charge is 0.379 e. The highest BCUT2D eigenvalue weighted by Gasteiger charge is 2.18. The van der Waals surface area contributed by atoms with Crippen molar-refractivity contribution in [2.24, 2.45) is 16.7 Å². The smallest absolute Gasteiger partial charge is 0.217 e. The summed E-state index contributed by atoms with van der Waals surface area (Å²) in [5.41, 5.74) is 12.8. The lowest BCUT2D eigenvalue weighted by atomic mass is 10.2. The fraction of sp³-hybridized carbons (Fsp3) is 0.0976. The number of hydrogen-bond acceptors (Lipinski definition) is 14. The van der Waals surface area contributed by atoms with Crippen LogP contribution in [-0.4, -0.2) is 79.1 Å². The Hall–Kier alpha value is -9.00. The van der Waals surface area contributed by atoms with Crippen molar-refractivity contribution in [2.75, 3.05) is 0 Å². The number of aromatic nitrogens is 15. The number of nitriles is 1. The van der Waals surface area contributed by atoms with E-state index in [1.807, 2.05) is 6.07 Å². The maximum absolute atomic E-state index is 13.7. The molecule has 0 amide bonds. The summed E-state index contributed by atoms with van der Waals surface area (Å²) in [6, 6.07) is 11.0. The molecule has 0 radical (unpaired) electrons. The molecule has 5 N–H and O–H groups in total. The zero-order chi connectivity index (χ0) is 43.9. The highest BCUT2D eigenvalue weighted by Crippen LogP contribution is 2.23. The van der Waals surface area contributed by atoms with Crippen molar-refractivity contribution in [2.45, 2.75) is 26.2 Å². The van der Waals surface area contributed by atoms with Gasteiger partial charge >= 0.3 is 0 Å². The van der Waals surface area contributed by atoms with Gasteiger partial charge < -0.3 is 11.6 Å². The average Bonchev–Trinajstić information content (AvgIpc) is 4.08. The lowest BCUT2D eigenvalue weighted by Crippen LogP contribution is -2.19. The molecule has 312 valence electrons. The standard InChI is InChI=1S/C15H12FN7.C13H12FN7.C13H8FN5/c1-9-19-14(22-21-9)15-20-12(4-10-5-17-8-18-6-10)13-3-2-11(16)7-23(13)15;14-9-1-2-11-10(3-8-4-17-7-18-5-8)19-13(12(15)20-16)21(11)6-9;14-10-1-2-12-11(3-9-5-16-8-17-6-9)18-13(4-15)19(12)7-10/h2-3,5-8H,4H2,1H3,(H,19,21,22);1-2,4-7H,3,16H2,(H2,15,20);1-2,5-8H,3H2. The van der Waals surface area contributed by atoms with E-state index in [0.717, 1.165) is 33.4 Å². The first-order valence-electron chi connectivity index (χ1n) is 18.7. The molecule has 10 aromatic heterocycles. The Bertz CT molecular complexity index is 3250. The van der Waals surface area contributed by atoms with Crippen molar-refractivity contribution in [1.29, 1.82) is 5.26 Å². The Morgan fingerprint density at radius 1 is 0.635 bits per heavy atom. The number of nitrogens with two attached hydrogens (primary N) is 2. The van der Waals surface area contributed by atoms with Gasteiger partial charge in [-0.15, -0.1) is 0 Å². The quantitative estimate of drug-likeness (QED) is 0.0842. The summed E-state index contributed by atoms with van der Waals surface area (Å²) >= 11 is 0. The molecule has 63 heavy (non-hydrogen) atoms. The summed E-state index contributed by atoms with van der Waals surface area (Å²) in [7, 11) is 0. The molecule has 0 spiro atoms. The van der Waals surface area contributed by atoms with Crippen LogP contribution in [0, 0.1) is 35.7 Å². The van der Waals surface area contributed by atoms with Crippen molar-refractivity contribution in [1.82, 2.24) is 73.2 Å². The molecular formula is C41H32F3N19. The fourth-order valence-electron chi connectivity index (χ4n) is 6.52. The molecule has 0 bridgehead atoms. The van der Waals surface area contributed by atoms with Crippen LogP contribution in [0.25, 0.3) is 28.2 Å². The normalized spacial score (nSPS) is 11.3. The Balaban J connectivity index is 0.000000130. The SMILES string of the molecule is Cc1nc(-c2nc(Cc3cncnc3)c3ccc(F)cn23)n[nH]1.N#Cc1nc(Cc2cncnc2)c2ccc(F)cn12.N/N=C(\N)c1nc(Cc2cncnc2)c2ccc(F)cn12. The number of H-pyrrole nitrogens is 1. The van der Waals surface area contributed by atoms with Crippen LogP contribution in [0.4, 0.5) is 13.2 Å². The lowest BCUT2D eigenvalue weighted by molar-refractivity contribution is 0.618. The van der Waals surface area contributed by atoms with Gasteiger partial charge in [0.25, 0.3) is 0 Å². The Kier molecular flexibility index (Phi) is 11.7. The highest BCUT2D eigenvalue weighted by molar-refractivity contribution is 5.95. The molecule has 19 nitrogen and oxygen atoms in total. The summed E-state index contributed by atoms with van der Waals surface area (Å²) in [6.45, 7) is 1.80. The molecule has 0 aromatic carbocycles. The number of hydrogen-bond donors (Lipinski definition) is 3. The van der Waals surface area contributed by atoms with E-state index in [1.165, 1.54) is 64.6 Å². The predicted octanol–water partition coefficient (Wildman–Crippen LogP) is 4.11. The van der Waals surface area contributed by atoms with Gasteiger partial charge in [-0.2, -0.15) is 15.5 Å². The molecule has 0 fully saturated rings. The van der Waals surface area contributed by atoms with Crippen molar-refractivity contribution in [3.8, 4) is 17.7 Å². The zero-order valence-electron chi connectivity index (χ0n) is 33.0. The predicted molar refractivity (Wildman–Crippen MR) is 220 cm³/mol. The molecule has 0 aliphatic carbocycles. The summed E-state index contributed by atoms with van der Waals surface area (Å²) in [5.74, 6) is 6.14. The van der Waals surface area contributed by atoms with Gasteiger partial charge in [0, 0.05) is 75.0 Å². The number of fused-ring (bicyclic) bond motifs is 3. The first-order valence-corrected chi connectivity index (χ1v) is 18.7. The van der Waals surface area contributed by atoms with Crippen LogP contribution in [0.5, 0.6) is 0 Å². The first-order chi connectivity index (χ1) is 30.7. The minimum absolute atomic E-state index is 0.0335. The third kappa shape index (κ3) is 9.11. The van der Waals surface area contributed by atoms with Gasteiger partial charge in [-0.05, 0) is 60.0 Å². The molecule has 0 unspecified atom stereocenters. The molecule has 0 aliphatic rings. The third-order valence-corrected chi connectivity index (χ3v) is 9.25. The average molecular weight is 848 g/mol. The minimum Gasteiger partial charge on any atom is -0.379 e. The topological polar surface area (TPSA) is 259 Å². The number of nitrogens with one attached hydrogen (secondary N) is 1. The van der Waals surface area contributed by atoms with E-state index in [0.29, 0.717) is 59.5 Å². The number of halogens is 3. The van der Waals surface area contributed by atoms with E-state index < -0.39 is 11.6 Å². The van der Waals surface area contributed by atoms with E-state index >= 15 is 0 Å². The van der Waals surface area contributed by atoms with Gasteiger partial charge in [-0.3, -0.25) is 18.3 Å². The Morgan fingerprint density at radius 3 is 1.56 bits per heavy atom. The van der Waals surface area contributed by atoms with Crippen molar-refractivity contribution >= 4 is 22.4 Å². The van der Waals surface area contributed by atoms with E-state index in [4.69, 9.17) is 16.8 Å². The van der Waals surface area contributed by atoms with Crippen LogP contribution in [0.3, 0.4) is 0 Å². The molecule has 10 aromatic rings. The van der Waals surface area contributed by atoms with Crippen LogP contribution < -0.4 is 11.6 Å². The van der Waals surface area contributed by atoms with Gasteiger partial charge in [-0.25, -0.2) is 63.0 Å². The fourth-order valence-corrected chi connectivity index (χ4v) is 6.52. The summed E-state index contributed by atoms with van der Waals surface area (Å²) in [5, 5.41) is 19.3. The second-order valence-electron chi connectivity index (χ2n) is 13.6. The van der Waals surface area contributed by atoms with E-state index in [9.17, 15) is 13.2 Å². The van der Waals surface area contributed by atoms with Gasteiger partial charge in [0.2, 0.25) is 11.6 Å². The van der Waals surface area contributed by atoms with Gasteiger partial charge in [0.15, 0.2) is 17.5 Å². The molecule has 22 heteroatoms. The number of hydrazone groups is 1. The van der Waals surface area contributed by atoms with Crippen molar-refractivity contribution in [3.63, 3.8) is 0 Å². The Morgan fingerprint density at radius 2 is 1.08 bits per heavy atom.